The van der Waals surface area contributed by atoms with Crippen LogP contribution in [0.15, 0.2) is 48.5 Å². The lowest BCUT2D eigenvalue weighted by Gasteiger charge is -2.30. The van der Waals surface area contributed by atoms with E-state index in [9.17, 15) is 17.6 Å². The highest BCUT2D eigenvalue weighted by molar-refractivity contribution is 7.88. The maximum atomic E-state index is 13.0. The molecule has 1 amide bonds. The molecule has 0 unspecified atom stereocenters. The van der Waals surface area contributed by atoms with Gasteiger partial charge in [-0.05, 0) is 48.2 Å². The third-order valence-corrected chi connectivity index (χ3v) is 6.93. The fourth-order valence-electron chi connectivity index (χ4n) is 3.39. The van der Waals surface area contributed by atoms with Gasteiger partial charge < -0.3 is 10.1 Å². The van der Waals surface area contributed by atoms with Crippen LogP contribution in [-0.4, -0.2) is 38.8 Å². The van der Waals surface area contributed by atoms with Crippen molar-refractivity contribution in [1.82, 2.24) is 9.62 Å². The highest BCUT2D eigenvalue weighted by atomic mass is 32.2. The number of piperidine rings is 1. The summed E-state index contributed by atoms with van der Waals surface area (Å²) < 4.78 is 44.8. The smallest absolute Gasteiger partial charge is 0.223 e. The van der Waals surface area contributed by atoms with E-state index in [-0.39, 0.29) is 17.6 Å². The standard InChI is InChI=1S/C21H25FN2O4S/c1-28-20-4-2-3-17(13-20)14-23-21(25)18-9-11-24(12-10-18)29(26,27)15-16-5-7-19(22)8-6-16/h2-8,13,18H,9-12,14-15H2,1H3,(H,23,25). The lowest BCUT2D eigenvalue weighted by molar-refractivity contribution is -0.126. The first-order valence-corrected chi connectivity index (χ1v) is 11.1. The van der Waals surface area contributed by atoms with Crippen LogP contribution in [0.1, 0.15) is 24.0 Å². The maximum Gasteiger partial charge on any atom is 0.223 e. The van der Waals surface area contributed by atoms with Crippen molar-refractivity contribution in [1.29, 1.82) is 0 Å². The Morgan fingerprint density at radius 1 is 1.14 bits per heavy atom. The van der Waals surface area contributed by atoms with Crippen molar-refractivity contribution >= 4 is 15.9 Å². The molecule has 0 radical (unpaired) electrons. The Balaban J connectivity index is 1.50. The van der Waals surface area contributed by atoms with Crippen molar-refractivity contribution in [3.63, 3.8) is 0 Å². The Bertz CT molecular complexity index is 939. The first-order chi connectivity index (χ1) is 13.9. The van der Waals surface area contributed by atoms with Gasteiger partial charge in [0.25, 0.3) is 0 Å². The molecule has 2 aromatic rings. The highest BCUT2D eigenvalue weighted by Gasteiger charge is 2.31. The topological polar surface area (TPSA) is 75.7 Å². The molecular formula is C21H25FN2O4S. The van der Waals surface area contributed by atoms with Gasteiger partial charge in [-0.3, -0.25) is 4.79 Å². The van der Waals surface area contributed by atoms with E-state index < -0.39 is 15.8 Å². The second kappa shape index (κ2) is 9.37. The fourth-order valence-corrected chi connectivity index (χ4v) is 4.96. The molecule has 1 N–H and O–H groups in total. The molecule has 1 heterocycles. The molecule has 1 aliphatic rings. The largest absolute Gasteiger partial charge is 0.497 e. The van der Waals surface area contributed by atoms with Crippen molar-refractivity contribution in [3.05, 3.63) is 65.5 Å². The molecule has 0 atom stereocenters. The van der Waals surface area contributed by atoms with Crippen LogP contribution in [0.3, 0.4) is 0 Å². The van der Waals surface area contributed by atoms with E-state index in [1.165, 1.54) is 28.6 Å². The molecule has 6 nitrogen and oxygen atoms in total. The van der Waals surface area contributed by atoms with E-state index in [2.05, 4.69) is 5.32 Å². The average molecular weight is 421 g/mol. The van der Waals surface area contributed by atoms with E-state index >= 15 is 0 Å². The van der Waals surface area contributed by atoms with Crippen LogP contribution in [0.25, 0.3) is 0 Å². The van der Waals surface area contributed by atoms with Crippen LogP contribution >= 0.6 is 0 Å². The summed E-state index contributed by atoms with van der Waals surface area (Å²) in [6.07, 6.45) is 0.958. The Morgan fingerprint density at radius 2 is 1.83 bits per heavy atom. The van der Waals surface area contributed by atoms with Crippen LogP contribution in [0, 0.1) is 11.7 Å². The second-order valence-corrected chi connectivity index (χ2v) is 9.09. The predicted molar refractivity (Wildman–Crippen MR) is 108 cm³/mol. The summed E-state index contributed by atoms with van der Waals surface area (Å²) in [7, 11) is -1.90. The van der Waals surface area contributed by atoms with Crippen LogP contribution < -0.4 is 10.1 Å². The van der Waals surface area contributed by atoms with E-state index in [0.29, 0.717) is 38.0 Å². The van der Waals surface area contributed by atoms with Crippen LogP contribution in [-0.2, 0) is 27.1 Å². The third kappa shape index (κ3) is 5.77. The van der Waals surface area contributed by atoms with E-state index in [0.717, 1.165) is 11.3 Å². The number of amides is 1. The summed E-state index contributed by atoms with van der Waals surface area (Å²) in [6, 6.07) is 12.9. The number of carbonyl (C=O) groups is 1. The Morgan fingerprint density at radius 3 is 2.48 bits per heavy atom. The molecule has 1 fully saturated rings. The molecule has 0 spiro atoms. The summed E-state index contributed by atoms with van der Waals surface area (Å²) in [6.45, 7) is 1.01. The first kappa shape index (κ1) is 21.3. The number of nitrogens with zero attached hydrogens (tertiary/aromatic N) is 1. The van der Waals surface area contributed by atoms with Crippen molar-refractivity contribution in [3.8, 4) is 5.75 Å². The molecular weight excluding hydrogens is 395 g/mol. The predicted octanol–water partition coefficient (Wildman–Crippen LogP) is 2.69. The Labute approximate surface area is 170 Å². The monoisotopic (exact) mass is 420 g/mol. The molecule has 0 saturated carbocycles. The molecule has 8 heteroatoms. The zero-order valence-electron chi connectivity index (χ0n) is 16.3. The molecule has 3 rings (SSSR count). The average Bonchev–Trinajstić information content (AvgIpc) is 2.74. The number of halogens is 1. The normalized spacial score (nSPS) is 15.8. The third-order valence-electron chi connectivity index (χ3n) is 5.08. The van der Waals surface area contributed by atoms with Crippen molar-refractivity contribution in [2.45, 2.75) is 25.1 Å². The van der Waals surface area contributed by atoms with Crippen LogP contribution in [0.2, 0.25) is 0 Å². The van der Waals surface area contributed by atoms with Gasteiger partial charge >= 0.3 is 0 Å². The molecule has 2 aromatic carbocycles. The van der Waals surface area contributed by atoms with Gasteiger partial charge in [0, 0.05) is 25.6 Å². The van der Waals surface area contributed by atoms with Crippen LogP contribution in [0.4, 0.5) is 4.39 Å². The lowest BCUT2D eigenvalue weighted by atomic mass is 9.97. The summed E-state index contributed by atoms with van der Waals surface area (Å²) in [4.78, 5) is 12.5. The number of sulfonamides is 1. The van der Waals surface area contributed by atoms with Gasteiger partial charge in [-0.15, -0.1) is 0 Å². The fraction of sp³-hybridized carbons (Fsp3) is 0.381. The quantitative estimate of drug-likeness (QED) is 0.747. The molecule has 1 aliphatic heterocycles. The molecule has 156 valence electrons. The SMILES string of the molecule is COc1cccc(CNC(=O)C2CCN(S(=O)(=O)Cc3ccc(F)cc3)CC2)c1. The number of ether oxygens (including phenoxy) is 1. The lowest BCUT2D eigenvalue weighted by Crippen LogP contribution is -2.43. The number of rotatable bonds is 7. The van der Waals surface area contributed by atoms with Crippen molar-refractivity contribution < 1.29 is 22.3 Å². The summed E-state index contributed by atoms with van der Waals surface area (Å²) >= 11 is 0. The minimum absolute atomic E-state index is 0.0663. The van der Waals surface area contributed by atoms with Gasteiger partial charge in [0.15, 0.2) is 0 Å². The van der Waals surface area contributed by atoms with Gasteiger partial charge in [0.2, 0.25) is 15.9 Å². The molecule has 29 heavy (non-hydrogen) atoms. The van der Waals surface area contributed by atoms with Crippen LogP contribution in [0.5, 0.6) is 5.75 Å². The maximum absolute atomic E-state index is 13.0. The minimum atomic E-state index is -3.50. The second-order valence-electron chi connectivity index (χ2n) is 7.13. The van der Waals surface area contributed by atoms with Gasteiger partial charge in [0.05, 0.1) is 12.9 Å². The zero-order valence-corrected chi connectivity index (χ0v) is 17.1. The van der Waals surface area contributed by atoms with Crippen molar-refractivity contribution in [2.75, 3.05) is 20.2 Å². The van der Waals surface area contributed by atoms with Gasteiger partial charge in [-0.2, -0.15) is 0 Å². The molecule has 0 aromatic heterocycles. The van der Waals surface area contributed by atoms with E-state index in [4.69, 9.17) is 4.74 Å². The van der Waals surface area contributed by atoms with Gasteiger partial charge in [-0.1, -0.05) is 24.3 Å². The Hall–Kier alpha value is -2.45. The summed E-state index contributed by atoms with van der Waals surface area (Å²) in [5, 5.41) is 2.92. The number of hydrogen-bond acceptors (Lipinski definition) is 4. The number of methoxy groups -OCH3 is 1. The minimum Gasteiger partial charge on any atom is -0.497 e. The number of benzene rings is 2. The zero-order chi connectivity index (χ0) is 20.9. The highest BCUT2D eigenvalue weighted by Crippen LogP contribution is 2.22. The van der Waals surface area contributed by atoms with Crippen molar-refractivity contribution in [2.24, 2.45) is 5.92 Å². The molecule has 1 saturated heterocycles. The molecule has 0 bridgehead atoms. The van der Waals surface area contributed by atoms with Gasteiger partial charge in [0.1, 0.15) is 11.6 Å². The van der Waals surface area contributed by atoms with Gasteiger partial charge in [-0.25, -0.2) is 17.1 Å². The summed E-state index contributed by atoms with van der Waals surface area (Å²) in [5.41, 5.74) is 1.49. The molecule has 0 aliphatic carbocycles. The Kier molecular flexibility index (Phi) is 6.87. The number of carbonyl (C=O) groups excluding carboxylic acids is 1. The first-order valence-electron chi connectivity index (χ1n) is 9.50. The number of nitrogens with one attached hydrogen (secondary N) is 1. The van der Waals surface area contributed by atoms with E-state index in [1.807, 2.05) is 24.3 Å². The van der Waals surface area contributed by atoms with E-state index in [1.54, 1.807) is 7.11 Å². The summed E-state index contributed by atoms with van der Waals surface area (Å²) in [5.74, 6) is -0.107. The number of hydrogen-bond donors (Lipinski definition) is 1.